The molecule has 3 amide bonds. The van der Waals surface area contributed by atoms with Gasteiger partial charge in [0, 0.05) is 23.9 Å². The average molecular weight is 380 g/mol. The first kappa shape index (κ1) is 17.9. The van der Waals surface area contributed by atoms with E-state index in [0.29, 0.717) is 12.6 Å². The number of nitrogens with one attached hydrogen (secondary N) is 2. The lowest BCUT2D eigenvalue weighted by atomic mass is 10.3. The number of nitrogens with zero attached hydrogens (tertiary/aromatic N) is 3. The summed E-state index contributed by atoms with van der Waals surface area (Å²) in [6, 6.07) is 4.10. The highest BCUT2D eigenvalue weighted by Crippen LogP contribution is 2.39. The van der Waals surface area contributed by atoms with Crippen LogP contribution in [0.1, 0.15) is 42.9 Å². The summed E-state index contributed by atoms with van der Waals surface area (Å²) >= 11 is 3.03. The van der Waals surface area contributed by atoms with E-state index in [2.05, 4.69) is 36.8 Å². The van der Waals surface area contributed by atoms with Gasteiger partial charge in [-0.25, -0.2) is 4.79 Å². The number of carbonyl (C=O) groups excluding carboxylic acids is 2. The molecule has 9 heteroatoms. The van der Waals surface area contributed by atoms with Gasteiger partial charge in [0.05, 0.1) is 5.75 Å². The van der Waals surface area contributed by atoms with E-state index in [9.17, 15) is 9.59 Å². The second-order valence-electron chi connectivity index (χ2n) is 5.85. The van der Waals surface area contributed by atoms with E-state index >= 15 is 0 Å². The number of aromatic nitrogens is 3. The van der Waals surface area contributed by atoms with Crippen molar-refractivity contribution in [3.63, 3.8) is 0 Å². The first-order chi connectivity index (χ1) is 12.2. The molecule has 25 heavy (non-hydrogen) atoms. The second kappa shape index (κ2) is 8.48. The largest absolute Gasteiger partial charge is 0.338 e. The summed E-state index contributed by atoms with van der Waals surface area (Å²) in [5.41, 5.74) is 0. The molecular formula is C16H21N5O2S2. The zero-order chi connectivity index (χ0) is 17.6. The summed E-state index contributed by atoms with van der Waals surface area (Å²) in [6.45, 7) is 2.50. The van der Waals surface area contributed by atoms with Crippen LogP contribution in [0.15, 0.2) is 22.7 Å². The molecule has 0 aliphatic heterocycles. The lowest BCUT2D eigenvalue weighted by molar-refractivity contribution is -0.117. The number of thiophene rings is 1. The highest BCUT2D eigenvalue weighted by molar-refractivity contribution is 7.99. The maximum atomic E-state index is 11.9. The highest BCUT2D eigenvalue weighted by atomic mass is 32.2. The van der Waals surface area contributed by atoms with Gasteiger partial charge in [-0.3, -0.25) is 10.1 Å². The lowest BCUT2D eigenvalue weighted by Crippen LogP contribution is -2.40. The molecule has 1 fully saturated rings. The summed E-state index contributed by atoms with van der Waals surface area (Å²) in [7, 11) is 0. The van der Waals surface area contributed by atoms with E-state index in [1.807, 2.05) is 13.0 Å². The molecule has 0 atom stereocenters. The van der Waals surface area contributed by atoms with Crippen molar-refractivity contribution in [2.24, 2.45) is 0 Å². The standard InChI is InChI=1S/C16H21N5O2S2/c1-2-7-17-15(23)18-14(22)10-25-16-20-19-13(21(16)11-5-6-11)9-12-4-3-8-24-12/h3-4,8,11H,2,5-7,9-10H2,1H3,(H2,17,18,22,23). The van der Waals surface area contributed by atoms with Crippen LogP contribution >= 0.6 is 23.1 Å². The number of rotatable bonds is 8. The van der Waals surface area contributed by atoms with Crippen molar-refractivity contribution in [1.29, 1.82) is 0 Å². The van der Waals surface area contributed by atoms with Crippen LogP contribution in [0.2, 0.25) is 0 Å². The smallest absolute Gasteiger partial charge is 0.321 e. The quantitative estimate of drug-likeness (QED) is 0.688. The summed E-state index contributed by atoms with van der Waals surface area (Å²) in [6.07, 6.45) is 3.82. The maximum Gasteiger partial charge on any atom is 0.321 e. The fraction of sp³-hybridized carbons (Fsp3) is 0.500. The lowest BCUT2D eigenvalue weighted by Gasteiger charge is -2.08. The molecule has 3 rings (SSSR count). The van der Waals surface area contributed by atoms with Gasteiger partial charge in [0.1, 0.15) is 5.82 Å². The van der Waals surface area contributed by atoms with E-state index in [0.717, 1.165) is 36.7 Å². The molecule has 1 aliphatic rings. The van der Waals surface area contributed by atoms with E-state index in [-0.39, 0.29) is 11.7 Å². The normalized spacial score (nSPS) is 13.6. The van der Waals surface area contributed by atoms with Gasteiger partial charge >= 0.3 is 6.03 Å². The van der Waals surface area contributed by atoms with Crippen LogP contribution in [0.5, 0.6) is 0 Å². The van der Waals surface area contributed by atoms with Crippen LogP contribution in [0, 0.1) is 0 Å². The van der Waals surface area contributed by atoms with Gasteiger partial charge in [0.2, 0.25) is 5.91 Å². The van der Waals surface area contributed by atoms with Gasteiger partial charge < -0.3 is 9.88 Å². The maximum absolute atomic E-state index is 11.9. The fourth-order valence-electron chi connectivity index (χ4n) is 2.37. The second-order valence-corrected chi connectivity index (χ2v) is 7.82. The topological polar surface area (TPSA) is 88.9 Å². The van der Waals surface area contributed by atoms with Gasteiger partial charge in [-0.15, -0.1) is 21.5 Å². The third-order valence-corrected chi connectivity index (χ3v) is 5.50. The number of amides is 3. The van der Waals surface area contributed by atoms with Crippen LogP contribution in [-0.4, -0.2) is 39.0 Å². The van der Waals surface area contributed by atoms with Crippen molar-refractivity contribution >= 4 is 35.0 Å². The summed E-state index contributed by atoms with van der Waals surface area (Å²) in [5.74, 6) is 0.751. The molecule has 0 unspecified atom stereocenters. The molecule has 0 bridgehead atoms. The Kier molecular flexibility index (Phi) is 6.09. The van der Waals surface area contributed by atoms with Crippen molar-refractivity contribution < 1.29 is 9.59 Å². The highest BCUT2D eigenvalue weighted by Gasteiger charge is 2.30. The van der Waals surface area contributed by atoms with Crippen LogP contribution < -0.4 is 10.6 Å². The Morgan fingerprint density at radius 1 is 1.40 bits per heavy atom. The van der Waals surface area contributed by atoms with E-state index < -0.39 is 6.03 Å². The SMILES string of the molecule is CCCNC(=O)NC(=O)CSc1nnc(Cc2cccs2)n1C1CC1. The van der Waals surface area contributed by atoms with E-state index in [1.54, 1.807) is 11.3 Å². The molecule has 0 saturated heterocycles. The molecule has 7 nitrogen and oxygen atoms in total. The van der Waals surface area contributed by atoms with Crippen LogP contribution in [0.3, 0.4) is 0 Å². The van der Waals surface area contributed by atoms with Gasteiger partial charge in [0.15, 0.2) is 5.16 Å². The Hall–Kier alpha value is -1.87. The van der Waals surface area contributed by atoms with Crippen LogP contribution in [0.4, 0.5) is 4.79 Å². The first-order valence-electron chi connectivity index (χ1n) is 8.34. The van der Waals surface area contributed by atoms with E-state index in [4.69, 9.17) is 0 Å². The van der Waals surface area contributed by atoms with Crippen molar-refractivity contribution in [2.75, 3.05) is 12.3 Å². The molecule has 2 aromatic heterocycles. The van der Waals surface area contributed by atoms with E-state index in [1.165, 1.54) is 16.6 Å². The van der Waals surface area contributed by atoms with Gasteiger partial charge in [-0.05, 0) is 30.7 Å². The van der Waals surface area contributed by atoms with Gasteiger partial charge in [-0.2, -0.15) is 0 Å². The summed E-state index contributed by atoms with van der Waals surface area (Å²) < 4.78 is 2.15. The minimum absolute atomic E-state index is 0.142. The zero-order valence-corrected chi connectivity index (χ0v) is 15.7. The van der Waals surface area contributed by atoms with Crippen molar-refractivity contribution in [3.05, 3.63) is 28.2 Å². The Morgan fingerprint density at radius 3 is 2.92 bits per heavy atom. The van der Waals surface area contributed by atoms with Crippen molar-refractivity contribution in [2.45, 2.75) is 43.8 Å². The van der Waals surface area contributed by atoms with Crippen LogP contribution in [-0.2, 0) is 11.2 Å². The van der Waals surface area contributed by atoms with Crippen LogP contribution in [0.25, 0.3) is 0 Å². The molecule has 2 N–H and O–H groups in total. The zero-order valence-electron chi connectivity index (χ0n) is 14.0. The monoisotopic (exact) mass is 379 g/mol. The molecule has 134 valence electrons. The number of carbonyl (C=O) groups is 2. The predicted octanol–water partition coefficient (Wildman–Crippen LogP) is 2.59. The van der Waals surface area contributed by atoms with Gasteiger partial charge in [-0.1, -0.05) is 24.8 Å². The Balaban J connectivity index is 1.58. The minimum Gasteiger partial charge on any atom is -0.338 e. The summed E-state index contributed by atoms with van der Waals surface area (Å²) in [4.78, 5) is 24.7. The molecular weight excluding hydrogens is 358 g/mol. The molecule has 0 spiro atoms. The third-order valence-electron chi connectivity index (χ3n) is 3.68. The fourth-order valence-corrected chi connectivity index (χ4v) is 3.90. The van der Waals surface area contributed by atoms with Gasteiger partial charge in [0.25, 0.3) is 0 Å². The molecule has 2 heterocycles. The Bertz CT molecular complexity index is 725. The molecule has 1 saturated carbocycles. The average Bonchev–Trinajstić information content (AvgIpc) is 3.14. The first-order valence-corrected chi connectivity index (χ1v) is 10.2. The van der Waals surface area contributed by atoms with Crippen molar-refractivity contribution in [1.82, 2.24) is 25.4 Å². The molecule has 0 aromatic carbocycles. The minimum atomic E-state index is -0.450. The number of thioether (sulfide) groups is 1. The van der Waals surface area contributed by atoms with Crippen molar-refractivity contribution in [3.8, 4) is 0 Å². The number of hydrogen-bond acceptors (Lipinski definition) is 6. The molecule has 1 aliphatic carbocycles. The molecule has 0 radical (unpaired) electrons. The Morgan fingerprint density at radius 2 is 2.24 bits per heavy atom. The Labute approximate surface area is 154 Å². The predicted molar refractivity (Wildman–Crippen MR) is 98.0 cm³/mol. The number of imide groups is 1. The summed E-state index contributed by atoms with van der Waals surface area (Å²) in [5, 5.41) is 16.3. The number of hydrogen-bond donors (Lipinski definition) is 2. The number of urea groups is 1. The molecule has 2 aromatic rings. The third kappa shape index (κ3) is 5.05.